The van der Waals surface area contributed by atoms with E-state index in [-0.39, 0.29) is 24.1 Å². The van der Waals surface area contributed by atoms with E-state index in [9.17, 15) is 13.2 Å². The molecule has 0 unspecified atom stereocenters. The van der Waals surface area contributed by atoms with Crippen molar-refractivity contribution in [3.05, 3.63) is 68.7 Å². The number of halogens is 3. The lowest BCUT2D eigenvalue weighted by atomic mass is 9.99. The zero-order valence-corrected chi connectivity index (χ0v) is 21.3. The molecule has 1 fully saturated rings. The third kappa shape index (κ3) is 7.02. The van der Waals surface area contributed by atoms with Gasteiger partial charge in [-0.3, -0.25) is 4.79 Å². The number of hydrogen-bond acceptors (Lipinski definition) is 4. The largest absolute Gasteiger partial charge is 0.355 e. The number of rotatable bonds is 9. The number of thioether (sulfide) groups is 1. The molecule has 1 saturated heterocycles. The van der Waals surface area contributed by atoms with Crippen LogP contribution in [-0.4, -0.2) is 44.0 Å². The quantitative estimate of drug-likeness (QED) is 0.446. The van der Waals surface area contributed by atoms with Gasteiger partial charge < -0.3 is 5.32 Å². The summed E-state index contributed by atoms with van der Waals surface area (Å²) in [6, 6.07) is 12.6. The minimum absolute atomic E-state index is 0.112. The van der Waals surface area contributed by atoms with Gasteiger partial charge in [-0.2, -0.15) is 11.8 Å². The summed E-state index contributed by atoms with van der Waals surface area (Å²) in [4.78, 5) is 12.6. The van der Waals surface area contributed by atoms with Crippen LogP contribution in [0.1, 0.15) is 24.0 Å². The van der Waals surface area contributed by atoms with Crippen LogP contribution in [0, 0.1) is 5.92 Å². The second kappa shape index (κ2) is 12.0. The number of sulfonamides is 1. The molecule has 32 heavy (non-hydrogen) atoms. The Balaban J connectivity index is 1.48. The Labute approximate surface area is 208 Å². The van der Waals surface area contributed by atoms with E-state index in [2.05, 4.69) is 5.32 Å². The van der Waals surface area contributed by atoms with Crippen LogP contribution in [0.5, 0.6) is 0 Å². The van der Waals surface area contributed by atoms with Gasteiger partial charge >= 0.3 is 0 Å². The maximum absolute atomic E-state index is 13.0. The average molecular weight is 536 g/mol. The fraction of sp³-hybridized carbons (Fsp3) is 0.409. The molecular weight excluding hydrogens is 511 g/mol. The molecule has 1 amide bonds. The zero-order chi connectivity index (χ0) is 23.1. The van der Waals surface area contributed by atoms with Crippen LogP contribution in [-0.2, 0) is 26.3 Å². The van der Waals surface area contributed by atoms with Gasteiger partial charge in [-0.05, 0) is 36.6 Å². The van der Waals surface area contributed by atoms with Crippen molar-refractivity contribution >= 4 is 62.5 Å². The van der Waals surface area contributed by atoms with Crippen molar-refractivity contribution in [1.29, 1.82) is 0 Å². The molecule has 3 rings (SSSR count). The molecule has 0 aliphatic carbocycles. The molecular formula is C22H25Cl3N2O3S2. The van der Waals surface area contributed by atoms with Crippen molar-refractivity contribution in [2.45, 2.75) is 24.3 Å². The first-order valence-corrected chi connectivity index (χ1v) is 14.2. The fourth-order valence-electron chi connectivity index (χ4n) is 3.54. The molecule has 10 heteroatoms. The van der Waals surface area contributed by atoms with Crippen molar-refractivity contribution in [3.63, 3.8) is 0 Å². The molecule has 174 valence electrons. The highest BCUT2D eigenvalue weighted by atomic mass is 35.5. The predicted octanol–water partition coefficient (Wildman–Crippen LogP) is 5.24. The van der Waals surface area contributed by atoms with E-state index < -0.39 is 10.0 Å². The summed E-state index contributed by atoms with van der Waals surface area (Å²) >= 11 is 20.1. The van der Waals surface area contributed by atoms with Crippen LogP contribution < -0.4 is 5.32 Å². The molecule has 1 atom stereocenters. The Kier molecular flexibility index (Phi) is 9.58. The molecule has 0 bridgehead atoms. The van der Waals surface area contributed by atoms with Crippen molar-refractivity contribution in [2.75, 3.05) is 25.4 Å². The SMILES string of the molecule is O=C(NCCSCc1ccccc1Cl)[C@@H]1CCCN(S(=O)(=O)Cc2c(Cl)cccc2Cl)C1. The first-order chi connectivity index (χ1) is 15.3. The van der Waals surface area contributed by atoms with E-state index in [0.29, 0.717) is 41.5 Å². The number of hydrogen-bond donors (Lipinski definition) is 1. The van der Waals surface area contributed by atoms with Crippen molar-refractivity contribution < 1.29 is 13.2 Å². The molecule has 1 heterocycles. The van der Waals surface area contributed by atoms with Crippen LogP contribution in [0.4, 0.5) is 0 Å². The summed E-state index contributed by atoms with van der Waals surface area (Å²) in [6.07, 6.45) is 1.30. The second-order valence-corrected chi connectivity index (χ2v) is 11.9. The molecule has 2 aromatic rings. The minimum Gasteiger partial charge on any atom is -0.355 e. The highest BCUT2D eigenvalue weighted by Crippen LogP contribution is 2.29. The second-order valence-electron chi connectivity index (χ2n) is 7.59. The van der Waals surface area contributed by atoms with Crippen molar-refractivity contribution in [3.8, 4) is 0 Å². The predicted molar refractivity (Wildman–Crippen MR) is 134 cm³/mol. The maximum atomic E-state index is 13.0. The Morgan fingerprint density at radius 3 is 2.47 bits per heavy atom. The van der Waals surface area contributed by atoms with Gasteiger partial charge in [-0.25, -0.2) is 12.7 Å². The smallest absolute Gasteiger partial charge is 0.224 e. The summed E-state index contributed by atoms with van der Waals surface area (Å²) in [5.74, 6) is 0.762. The number of amides is 1. The zero-order valence-electron chi connectivity index (χ0n) is 17.4. The van der Waals surface area contributed by atoms with Gasteiger partial charge in [0.05, 0.1) is 11.7 Å². The summed E-state index contributed by atoms with van der Waals surface area (Å²) < 4.78 is 27.3. The number of nitrogens with one attached hydrogen (secondary N) is 1. The number of benzene rings is 2. The van der Waals surface area contributed by atoms with Gasteiger partial charge in [0, 0.05) is 51.8 Å². The van der Waals surface area contributed by atoms with E-state index in [1.807, 2.05) is 24.3 Å². The van der Waals surface area contributed by atoms with Crippen molar-refractivity contribution in [2.24, 2.45) is 5.92 Å². The Hall–Kier alpha value is -0.960. The topological polar surface area (TPSA) is 66.5 Å². The summed E-state index contributed by atoms with van der Waals surface area (Å²) in [6.45, 7) is 1.08. The molecule has 1 aliphatic heterocycles. The van der Waals surface area contributed by atoms with Crippen LogP contribution in [0.3, 0.4) is 0 Å². The Bertz CT molecular complexity index is 1030. The van der Waals surface area contributed by atoms with E-state index in [1.54, 1.807) is 30.0 Å². The highest BCUT2D eigenvalue weighted by molar-refractivity contribution is 7.98. The fourth-order valence-corrected chi connectivity index (χ4v) is 7.05. The van der Waals surface area contributed by atoms with Crippen LogP contribution in [0.25, 0.3) is 0 Å². The number of piperidine rings is 1. The molecule has 0 aromatic heterocycles. The molecule has 0 radical (unpaired) electrons. The first kappa shape index (κ1) is 25.7. The lowest BCUT2D eigenvalue weighted by Crippen LogP contribution is -2.46. The van der Waals surface area contributed by atoms with E-state index in [4.69, 9.17) is 34.8 Å². The monoisotopic (exact) mass is 534 g/mol. The average Bonchev–Trinajstić information content (AvgIpc) is 2.77. The standard InChI is InChI=1S/C22H25Cl3N2O3S2/c23-19-7-2-1-5-17(19)14-31-12-10-26-22(28)16-6-4-11-27(13-16)32(29,30)15-18-20(24)8-3-9-21(18)25/h1-3,5,7-9,16H,4,6,10-15H2,(H,26,28)/t16-/m1/s1. The van der Waals surface area contributed by atoms with Crippen molar-refractivity contribution in [1.82, 2.24) is 9.62 Å². The summed E-state index contributed by atoms with van der Waals surface area (Å²) in [7, 11) is -3.64. The number of carbonyl (C=O) groups excluding carboxylic acids is 1. The Morgan fingerprint density at radius 1 is 1.06 bits per heavy atom. The normalized spacial score (nSPS) is 17.3. The lowest BCUT2D eigenvalue weighted by Gasteiger charge is -2.31. The molecule has 0 spiro atoms. The third-order valence-electron chi connectivity index (χ3n) is 5.30. The Morgan fingerprint density at radius 2 is 1.75 bits per heavy atom. The third-order valence-corrected chi connectivity index (χ3v) is 9.15. The van der Waals surface area contributed by atoms with Gasteiger partial charge in [-0.1, -0.05) is 59.1 Å². The molecule has 1 N–H and O–H groups in total. The molecule has 2 aromatic carbocycles. The van der Waals surface area contributed by atoms with Crippen LogP contribution in [0.2, 0.25) is 15.1 Å². The van der Waals surface area contributed by atoms with E-state index in [0.717, 1.165) is 22.1 Å². The number of carbonyl (C=O) groups is 1. The summed E-state index contributed by atoms with van der Waals surface area (Å²) in [5, 5.41) is 4.32. The minimum atomic E-state index is -3.64. The number of nitrogens with zero attached hydrogens (tertiary/aromatic N) is 1. The maximum Gasteiger partial charge on any atom is 0.224 e. The molecule has 5 nitrogen and oxygen atoms in total. The molecule has 1 aliphatic rings. The van der Waals surface area contributed by atoms with Gasteiger partial charge in [0.25, 0.3) is 0 Å². The lowest BCUT2D eigenvalue weighted by molar-refractivity contribution is -0.125. The van der Waals surface area contributed by atoms with E-state index >= 15 is 0 Å². The van der Waals surface area contributed by atoms with Gasteiger partial charge in [-0.15, -0.1) is 0 Å². The van der Waals surface area contributed by atoms with Gasteiger partial charge in [0.1, 0.15) is 0 Å². The van der Waals surface area contributed by atoms with Gasteiger partial charge in [0.15, 0.2) is 0 Å². The summed E-state index contributed by atoms with van der Waals surface area (Å²) in [5.41, 5.74) is 1.45. The van der Waals surface area contributed by atoms with E-state index in [1.165, 1.54) is 4.31 Å². The molecule has 0 saturated carbocycles. The van der Waals surface area contributed by atoms with Gasteiger partial charge in [0.2, 0.25) is 15.9 Å². The van der Waals surface area contributed by atoms with Crippen LogP contribution >= 0.6 is 46.6 Å². The van der Waals surface area contributed by atoms with Crippen LogP contribution in [0.15, 0.2) is 42.5 Å². The first-order valence-electron chi connectivity index (χ1n) is 10.3. The highest BCUT2D eigenvalue weighted by Gasteiger charge is 2.33.